The summed E-state index contributed by atoms with van der Waals surface area (Å²) in [5.74, 6) is 1.06. The molecule has 0 radical (unpaired) electrons. The molecule has 6 heteroatoms. The van der Waals surface area contributed by atoms with Gasteiger partial charge in [-0.2, -0.15) is 0 Å². The summed E-state index contributed by atoms with van der Waals surface area (Å²) in [6.45, 7) is 0.468. The number of ether oxygens (including phenoxy) is 3. The molecule has 0 spiro atoms. The predicted octanol–water partition coefficient (Wildman–Crippen LogP) is 3.50. The van der Waals surface area contributed by atoms with E-state index in [0.29, 0.717) is 23.7 Å². The second-order valence-corrected chi connectivity index (χ2v) is 4.63. The minimum Gasteiger partial charge on any atom is -0.489 e. The molecule has 2 rings (SSSR count). The highest BCUT2D eigenvalue weighted by atomic mass is 16.7. The summed E-state index contributed by atoms with van der Waals surface area (Å²) in [5.41, 5.74) is 1.62. The van der Waals surface area contributed by atoms with Crippen molar-refractivity contribution < 1.29 is 19.1 Å². The second kappa shape index (κ2) is 8.55. The van der Waals surface area contributed by atoms with Gasteiger partial charge in [0.05, 0.1) is 4.92 Å². The predicted molar refractivity (Wildman–Crippen MR) is 85.7 cm³/mol. The monoisotopic (exact) mass is 315 g/mol. The molecule has 0 bridgehead atoms. The van der Waals surface area contributed by atoms with E-state index >= 15 is 0 Å². The van der Waals surface area contributed by atoms with Gasteiger partial charge in [-0.15, -0.1) is 0 Å². The average molecular weight is 315 g/mol. The molecular formula is C17H17NO5. The third-order valence-electron chi connectivity index (χ3n) is 2.94. The van der Waals surface area contributed by atoms with Crippen LogP contribution in [0.2, 0.25) is 0 Å². The standard InChI is InChI=1S/C17H17NO5/c1-21-13-23-17-11-16(8-7-15(17)9-10-18(19)20)22-12-14-5-3-2-4-6-14/h2-11H,12-13H2,1H3. The molecule has 2 aromatic rings. The maximum Gasteiger partial charge on any atom is 0.235 e. The molecule has 0 aliphatic heterocycles. The third kappa shape index (κ3) is 5.44. The number of rotatable bonds is 8. The van der Waals surface area contributed by atoms with Crippen molar-refractivity contribution in [3.8, 4) is 11.5 Å². The first-order valence-electron chi connectivity index (χ1n) is 6.93. The van der Waals surface area contributed by atoms with Crippen LogP contribution in [0, 0.1) is 10.1 Å². The number of hydrogen-bond donors (Lipinski definition) is 0. The number of nitro groups is 1. The van der Waals surface area contributed by atoms with Gasteiger partial charge in [-0.05, 0) is 17.7 Å². The maximum atomic E-state index is 10.5. The van der Waals surface area contributed by atoms with Crippen LogP contribution < -0.4 is 9.47 Å². The molecule has 0 aliphatic carbocycles. The fourth-order valence-electron chi connectivity index (χ4n) is 1.87. The summed E-state index contributed by atoms with van der Waals surface area (Å²) < 4.78 is 16.0. The summed E-state index contributed by atoms with van der Waals surface area (Å²) in [6, 6.07) is 14.9. The zero-order valence-corrected chi connectivity index (χ0v) is 12.7. The lowest BCUT2D eigenvalue weighted by Crippen LogP contribution is -2.01. The molecule has 0 aromatic heterocycles. The molecule has 0 amide bonds. The molecule has 23 heavy (non-hydrogen) atoms. The first-order valence-corrected chi connectivity index (χ1v) is 6.93. The van der Waals surface area contributed by atoms with E-state index in [2.05, 4.69) is 0 Å². The van der Waals surface area contributed by atoms with E-state index in [1.807, 2.05) is 30.3 Å². The Bertz CT molecular complexity index is 670. The molecule has 6 nitrogen and oxygen atoms in total. The van der Waals surface area contributed by atoms with Crippen molar-refractivity contribution in [2.75, 3.05) is 13.9 Å². The van der Waals surface area contributed by atoms with Crippen LogP contribution in [0.3, 0.4) is 0 Å². The van der Waals surface area contributed by atoms with Gasteiger partial charge in [-0.1, -0.05) is 30.3 Å². The Hall–Kier alpha value is -2.86. The van der Waals surface area contributed by atoms with Gasteiger partial charge in [-0.3, -0.25) is 10.1 Å². The van der Waals surface area contributed by atoms with Crippen LogP contribution in [0.15, 0.2) is 54.7 Å². The van der Waals surface area contributed by atoms with Crippen LogP contribution >= 0.6 is 0 Å². The molecule has 0 atom stereocenters. The third-order valence-corrected chi connectivity index (χ3v) is 2.94. The SMILES string of the molecule is COCOc1cc(OCc2ccccc2)ccc1C=C[N+](=O)[O-]. The lowest BCUT2D eigenvalue weighted by atomic mass is 10.2. The fourth-order valence-corrected chi connectivity index (χ4v) is 1.87. The quantitative estimate of drug-likeness (QED) is 0.423. The normalized spacial score (nSPS) is 10.7. The van der Waals surface area contributed by atoms with Gasteiger partial charge in [-0.25, -0.2) is 0 Å². The lowest BCUT2D eigenvalue weighted by Gasteiger charge is -2.11. The van der Waals surface area contributed by atoms with E-state index in [-0.39, 0.29) is 6.79 Å². The zero-order valence-electron chi connectivity index (χ0n) is 12.7. The van der Waals surface area contributed by atoms with Crippen molar-refractivity contribution in [2.45, 2.75) is 6.61 Å². The molecule has 0 saturated carbocycles. The Morgan fingerprint density at radius 2 is 1.91 bits per heavy atom. The number of methoxy groups -OCH3 is 1. The highest BCUT2D eigenvalue weighted by Gasteiger charge is 2.06. The molecular weight excluding hydrogens is 298 g/mol. The van der Waals surface area contributed by atoms with Crippen LogP contribution in [-0.4, -0.2) is 18.8 Å². The fraction of sp³-hybridized carbons (Fsp3) is 0.176. The molecule has 0 N–H and O–H groups in total. The smallest absolute Gasteiger partial charge is 0.235 e. The van der Waals surface area contributed by atoms with Crippen LogP contribution in [0.4, 0.5) is 0 Å². The molecule has 120 valence electrons. The molecule has 0 fully saturated rings. The molecule has 0 saturated heterocycles. The van der Waals surface area contributed by atoms with E-state index in [1.165, 1.54) is 13.2 Å². The van der Waals surface area contributed by atoms with Crippen molar-refractivity contribution >= 4 is 6.08 Å². The topological polar surface area (TPSA) is 70.8 Å². The van der Waals surface area contributed by atoms with Gasteiger partial charge in [0, 0.05) is 24.8 Å². The van der Waals surface area contributed by atoms with E-state index < -0.39 is 4.92 Å². The maximum absolute atomic E-state index is 10.5. The van der Waals surface area contributed by atoms with Gasteiger partial charge >= 0.3 is 0 Å². The summed E-state index contributed by atoms with van der Waals surface area (Å²) in [7, 11) is 1.50. The summed E-state index contributed by atoms with van der Waals surface area (Å²) in [5, 5.41) is 10.5. The van der Waals surface area contributed by atoms with Crippen LogP contribution in [0.1, 0.15) is 11.1 Å². The van der Waals surface area contributed by atoms with E-state index in [9.17, 15) is 10.1 Å². The zero-order chi connectivity index (χ0) is 16.5. The summed E-state index contributed by atoms with van der Waals surface area (Å²) >= 11 is 0. The first-order chi connectivity index (χ1) is 11.2. The van der Waals surface area contributed by atoms with Crippen molar-refractivity contribution in [1.82, 2.24) is 0 Å². The second-order valence-electron chi connectivity index (χ2n) is 4.63. The van der Waals surface area contributed by atoms with Gasteiger partial charge in [0.2, 0.25) is 6.20 Å². The summed E-state index contributed by atoms with van der Waals surface area (Å²) in [4.78, 5) is 9.92. The van der Waals surface area contributed by atoms with E-state index in [1.54, 1.807) is 18.2 Å². The van der Waals surface area contributed by atoms with Crippen LogP contribution in [-0.2, 0) is 11.3 Å². The first kappa shape index (κ1) is 16.5. The Morgan fingerprint density at radius 3 is 2.61 bits per heavy atom. The minimum absolute atomic E-state index is 0.0431. The molecule has 2 aromatic carbocycles. The van der Waals surface area contributed by atoms with Gasteiger partial charge in [0.1, 0.15) is 18.1 Å². The van der Waals surface area contributed by atoms with Crippen molar-refractivity contribution in [3.05, 3.63) is 76.0 Å². The molecule has 0 aliphatic rings. The van der Waals surface area contributed by atoms with Crippen LogP contribution in [0.25, 0.3) is 6.08 Å². The largest absolute Gasteiger partial charge is 0.489 e. The van der Waals surface area contributed by atoms with Crippen molar-refractivity contribution in [1.29, 1.82) is 0 Å². The summed E-state index contributed by atoms with van der Waals surface area (Å²) in [6.07, 6.45) is 2.23. The van der Waals surface area contributed by atoms with Gasteiger partial charge in [0.25, 0.3) is 0 Å². The van der Waals surface area contributed by atoms with E-state index in [4.69, 9.17) is 14.2 Å². The Morgan fingerprint density at radius 1 is 1.13 bits per heavy atom. The Labute approximate surface area is 134 Å². The number of nitrogens with zero attached hydrogens (tertiary/aromatic N) is 1. The minimum atomic E-state index is -0.528. The Kier molecular flexibility index (Phi) is 6.14. The highest BCUT2D eigenvalue weighted by molar-refractivity contribution is 5.58. The van der Waals surface area contributed by atoms with Crippen molar-refractivity contribution in [2.24, 2.45) is 0 Å². The van der Waals surface area contributed by atoms with Crippen molar-refractivity contribution in [3.63, 3.8) is 0 Å². The lowest BCUT2D eigenvalue weighted by molar-refractivity contribution is -0.400. The Balaban J connectivity index is 2.12. The average Bonchev–Trinajstić information content (AvgIpc) is 2.57. The highest BCUT2D eigenvalue weighted by Crippen LogP contribution is 2.27. The number of benzene rings is 2. The van der Waals surface area contributed by atoms with Gasteiger partial charge < -0.3 is 14.2 Å². The molecule has 0 unspecified atom stereocenters. The van der Waals surface area contributed by atoms with E-state index in [0.717, 1.165) is 11.8 Å². The van der Waals surface area contributed by atoms with Crippen LogP contribution in [0.5, 0.6) is 11.5 Å². The van der Waals surface area contributed by atoms with Gasteiger partial charge in [0.15, 0.2) is 6.79 Å². The molecule has 0 heterocycles. The number of hydrogen-bond acceptors (Lipinski definition) is 5.